The summed E-state index contributed by atoms with van der Waals surface area (Å²) in [4.78, 5) is 14.0. The second-order valence-electron chi connectivity index (χ2n) is 5.45. The van der Waals surface area contributed by atoms with Crippen LogP contribution in [0.15, 0.2) is 0 Å². The van der Waals surface area contributed by atoms with E-state index in [0.29, 0.717) is 18.9 Å². The molecule has 0 aromatic rings. The highest BCUT2D eigenvalue weighted by Gasteiger charge is 2.32. The lowest BCUT2D eigenvalue weighted by Gasteiger charge is -2.39. The van der Waals surface area contributed by atoms with E-state index < -0.39 is 0 Å². The molecule has 1 amide bonds. The summed E-state index contributed by atoms with van der Waals surface area (Å²) in [6.07, 6.45) is 3.56. The fourth-order valence-electron chi connectivity index (χ4n) is 2.23. The van der Waals surface area contributed by atoms with Gasteiger partial charge in [0.1, 0.15) is 0 Å². The molecule has 2 atom stereocenters. The Hall–Kier alpha value is -0.610. The molecule has 0 saturated carbocycles. The minimum Gasteiger partial charge on any atom is -0.377 e. The smallest absolute Gasteiger partial charge is 0.222 e. The van der Waals surface area contributed by atoms with E-state index in [0.717, 1.165) is 32.4 Å². The lowest BCUT2D eigenvalue weighted by molar-refractivity contribution is -0.139. The molecule has 1 heterocycles. The summed E-state index contributed by atoms with van der Waals surface area (Å²) in [5.41, 5.74) is 5.40. The Bertz CT molecular complexity index is 258. The van der Waals surface area contributed by atoms with Gasteiger partial charge in [-0.3, -0.25) is 4.79 Å². The fourth-order valence-corrected chi connectivity index (χ4v) is 2.23. The molecule has 2 unspecified atom stereocenters. The van der Waals surface area contributed by atoms with Crippen LogP contribution in [0.1, 0.15) is 39.5 Å². The molecular formula is C13H26N2O2. The van der Waals surface area contributed by atoms with Crippen LogP contribution >= 0.6 is 0 Å². The summed E-state index contributed by atoms with van der Waals surface area (Å²) < 4.78 is 5.49. The molecular weight excluding hydrogens is 216 g/mol. The second-order valence-corrected chi connectivity index (χ2v) is 5.45. The first-order chi connectivity index (χ1) is 8.00. The van der Waals surface area contributed by atoms with E-state index in [2.05, 4.69) is 13.8 Å². The molecule has 2 N–H and O–H groups in total. The molecule has 4 nitrogen and oxygen atoms in total. The largest absolute Gasteiger partial charge is 0.377 e. The summed E-state index contributed by atoms with van der Waals surface area (Å²) in [6.45, 7) is 6.41. The van der Waals surface area contributed by atoms with E-state index in [4.69, 9.17) is 10.5 Å². The molecule has 0 aromatic heterocycles. The van der Waals surface area contributed by atoms with Gasteiger partial charge >= 0.3 is 0 Å². The molecule has 0 aliphatic carbocycles. The third-order valence-electron chi connectivity index (χ3n) is 3.76. The minimum absolute atomic E-state index is 0.159. The summed E-state index contributed by atoms with van der Waals surface area (Å²) in [6, 6.07) is 0. The molecule has 100 valence electrons. The highest BCUT2D eigenvalue weighted by Crippen LogP contribution is 2.24. The van der Waals surface area contributed by atoms with E-state index in [-0.39, 0.29) is 11.5 Å². The standard InChI is InChI=1S/C13H26N2O2/c1-11(9-14)5-6-12(16)15-8-4-7-13(2,10-15)17-3/h11H,4-10,14H2,1-3H3. The van der Waals surface area contributed by atoms with Crippen LogP contribution in [-0.2, 0) is 9.53 Å². The number of likely N-dealkylation sites (tertiary alicyclic amines) is 1. The number of rotatable bonds is 5. The van der Waals surface area contributed by atoms with Gasteiger partial charge in [0.15, 0.2) is 0 Å². The molecule has 1 saturated heterocycles. The van der Waals surface area contributed by atoms with Gasteiger partial charge in [0.05, 0.1) is 5.60 Å². The first kappa shape index (κ1) is 14.5. The summed E-state index contributed by atoms with van der Waals surface area (Å²) in [5.74, 6) is 0.672. The van der Waals surface area contributed by atoms with Crippen molar-refractivity contribution in [1.29, 1.82) is 0 Å². The van der Waals surface area contributed by atoms with Crippen molar-refractivity contribution in [1.82, 2.24) is 4.90 Å². The predicted octanol–water partition coefficient (Wildman–Crippen LogP) is 1.39. The van der Waals surface area contributed by atoms with Gasteiger partial charge in [0.2, 0.25) is 5.91 Å². The number of methoxy groups -OCH3 is 1. The number of amides is 1. The fraction of sp³-hybridized carbons (Fsp3) is 0.923. The highest BCUT2D eigenvalue weighted by atomic mass is 16.5. The predicted molar refractivity (Wildman–Crippen MR) is 68.7 cm³/mol. The molecule has 4 heteroatoms. The summed E-state index contributed by atoms with van der Waals surface area (Å²) in [5, 5.41) is 0. The van der Waals surface area contributed by atoms with Crippen molar-refractivity contribution in [3.05, 3.63) is 0 Å². The van der Waals surface area contributed by atoms with Gasteiger partial charge in [-0.15, -0.1) is 0 Å². The van der Waals surface area contributed by atoms with Crippen LogP contribution in [-0.4, -0.2) is 43.2 Å². The molecule has 1 aliphatic rings. The Kier molecular flexibility index (Phi) is 5.40. The van der Waals surface area contributed by atoms with Crippen molar-refractivity contribution < 1.29 is 9.53 Å². The van der Waals surface area contributed by atoms with Crippen LogP contribution in [0.3, 0.4) is 0 Å². The number of nitrogens with two attached hydrogens (primary N) is 1. The summed E-state index contributed by atoms with van der Waals surface area (Å²) >= 11 is 0. The van der Waals surface area contributed by atoms with E-state index in [9.17, 15) is 4.79 Å². The van der Waals surface area contributed by atoms with Crippen molar-refractivity contribution in [2.24, 2.45) is 11.7 Å². The SMILES string of the molecule is COC1(C)CCCN(C(=O)CCC(C)CN)C1. The van der Waals surface area contributed by atoms with Crippen molar-refractivity contribution in [2.75, 3.05) is 26.7 Å². The number of carbonyl (C=O) groups is 1. The van der Waals surface area contributed by atoms with Crippen molar-refractivity contribution >= 4 is 5.91 Å². The number of ether oxygens (including phenoxy) is 1. The van der Waals surface area contributed by atoms with Crippen LogP contribution in [0.4, 0.5) is 0 Å². The summed E-state index contributed by atoms with van der Waals surface area (Å²) in [7, 11) is 1.73. The molecule has 1 aliphatic heterocycles. The molecule has 1 rings (SSSR count). The Labute approximate surface area is 104 Å². The molecule has 0 spiro atoms. The topological polar surface area (TPSA) is 55.6 Å². The average Bonchev–Trinajstić information content (AvgIpc) is 2.35. The Balaban J connectivity index is 2.41. The maximum Gasteiger partial charge on any atom is 0.222 e. The van der Waals surface area contributed by atoms with E-state index >= 15 is 0 Å². The van der Waals surface area contributed by atoms with Crippen LogP contribution in [0.25, 0.3) is 0 Å². The molecule has 1 fully saturated rings. The van der Waals surface area contributed by atoms with Crippen LogP contribution < -0.4 is 5.73 Å². The van der Waals surface area contributed by atoms with Gasteiger partial charge in [0.25, 0.3) is 0 Å². The van der Waals surface area contributed by atoms with Crippen LogP contribution in [0, 0.1) is 5.92 Å². The van der Waals surface area contributed by atoms with Gasteiger partial charge in [-0.25, -0.2) is 0 Å². The van der Waals surface area contributed by atoms with E-state index in [1.54, 1.807) is 7.11 Å². The number of hydrogen-bond acceptors (Lipinski definition) is 3. The highest BCUT2D eigenvalue weighted by molar-refractivity contribution is 5.76. The van der Waals surface area contributed by atoms with Crippen molar-refractivity contribution in [3.63, 3.8) is 0 Å². The van der Waals surface area contributed by atoms with Gasteiger partial charge in [-0.05, 0) is 38.6 Å². The quantitative estimate of drug-likeness (QED) is 0.792. The van der Waals surface area contributed by atoms with Crippen molar-refractivity contribution in [2.45, 2.75) is 45.1 Å². The lowest BCUT2D eigenvalue weighted by atomic mass is 9.94. The van der Waals surface area contributed by atoms with E-state index in [1.165, 1.54) is 0 Å². The van der Waals surface area contributed by atoms with Gasteiger partial charge < -0.3 is 15.4 Å². The maximum atomic E-state index is 12.1. The van der Waals surface area contributed by atoms with Crippen molar-refractivity contribution in [3.8, 4) is 0 Å². The normalized spacial score (nSPS) is 26.9. The second kappa shape index (κ2) is 6.36. The third kappa shape index (κ3) is 4.28. The number of hydrogen-bond donors (Lipinski definition) is 1. The molecule has 0 bridgehead atoms. The van der Waals surface area contributed by atoms with Crippen LogP contribution in [0.5, 0.6) is 0 Å². The number of carbonyl (C=O) groups excluding carboxylic acids is 1. The Morgan fingerprint density at radius 3 is 2.88 bits per heavy atom. The van der Waals surface area contributed by atoms with E-state index in [1.807, 2.05) is 4.90 Å². The van der Waals surface area contributed by atoms with Gasteiger partial charge in [-0.2, -0.15) is 0 Å². The first-order valence-corrected chi connectivity index (χ1v) is 6.54. The molecule has 17 heavy (non-hydrogen) atoms. The minimum atomic E-state index is -0.159. The van der Waals surface area contributed by atoms with Gasteiger partial charge in [0, 0.05) is 26.6 Å². The lowest BCUT2D eigenvalue weighted by Crippen LogP contribution is -2.49. The molecule has 0 aromatic carbocycles. The monoisotopic (exact) mass is 242 g/mol. The zero-order chi connectivity index (χ0) is 12.9. The Morgan fingerprint density at radius 1 is 1.59 bits per heavy atom. The molecule has 0 radical (unpaired) electrons. The number of piperidine rings is 1. The average molecular weight is 242 g/mol. The number of nitrogens with zero attached hydrogens (tertiary/aromatic N) is 1. The maximum absolute atomic E-state index is 12.1. The van der Waals surface area contributed by atoms with Crippen LogP contribution in [0.2, 0.25) is 0 Å². The third-order valence-corrected chi connectivity index (χ3v) is 3.76. The first-order valence-electron chi connectivity index (χ1n) is 6.54. The van der Waals surface area contributed by atoms with Gasteiger partial charge in [-0.1, -0.05) is 6.92 Å². The zero-order valence-corrected chi connectivity index (χ0v) is 11.4. The Morgan fingerprint density at radius 2 is 2.29 bits per heavy atom. The zero-order valence-electron chi connectivity index (χ0n) is 11.4.